The van der Waals surface area contributed by atoms with Crippen LogP contribution in [0.25, 0.3) is 0 Å². The second kappa shape index (κ2) is 12.5. The summed E-state index contributed by atoms with van der Waals surface area (Å²) < 4.78 is 23.3. The topological polar surface area (TPSA) is 113 Å². The lowest BCUT2D eigenvalue weighted by Gasteiger charge is -2.31. The number of benzene rings is 2. The predicted octanol–water partition coefficient (Wildman–Crippen LogP) is 5.05. The van der Waals surface area contributed by atoms with E-state index in [2.05, 4.69) is 4.99 Å². The van der Waals surface area contributed by atoms with Crippen LogP contribution in [0.1, 0.15) is 66.7 Å². The molecule has 2 aromatic carbocycles. The van der Waals surface area contributed by atoms with Crippen LogP contribution >= 0.6 is 0 Å². The quantitative estimate of drug-likeness (QED) is 0.369. The Balaban J connectivity index is 1.04. The number of carbonyl (C=O) groups is 2. The summed E-state index contributed by atoms with van der Waals surface area (Å²) in [6.45, 7) is 4.88. The number of anilines is 1. The molecule has 0 bridgehead atoms. The van der Waals surface area contributed by atoms with E-state index in [4.69, 9.17) is 18.9 Å². The lowest BCUT2D eigenvalue weighted by atomic mass is 10.1. The lowest BCUT2D eigenvalue weighted by molar-refractivity contribution is 0.0590. The first-order chi connectivity index (χ1) is 21.7. The molecular formula is C34H40N4O7. The van der Waals surface area contributed by atoms with E-state index in [1.54, 1.807) is 60.2 Å². The van der Waals surface area contributed by atoms with Crippen molar-refractivity contribution >= 4 is 29.4 Å². The molecule has 11 heteroatoms. The molecule has 4 aliphatic rings. The maximum absolute atomic E-state index is 13.4. The molecule has 11 nitrogen and oxygen atoms in total. The van der Waals surface area contributed by atoms with Crippen molar-refractivity contribution in [3.8, 4) is 23.0 Å². The molecular weight excluding hydrogens is 576 g/mol. The number of rotatable bonds is 10. The first-order valence-corrected chi connectivity index (χ1v) is 15.3. The minimum absolute atomic E-state index is 0.0669. The number of methoxy groups -OCH3 is 2. The third kappa shape index (κ3) is 5.72. The molecule has 2 aromatic rings. The summed E-state index contributed by atoms with van der Waals surface area (Å²) in [4.78, 5) is 36.3. The van der Waals surface area contributed by atoms with Gasteiger partial charge in [-0.3, -0.25) is 14.6 Å². The zero-order chi connectivity index (χ0) is 31.8. The number of unbranched alkanes of at least 4 members (excludes halogenated alkanes) is 2. The molecule has 2 amide bonds. The normalized spacial score (nSPS) is 21.7. The van der Waals surface area contributed by atoms with E-state index in [0.717, 1.165) is 36.8 Å². The van der Waals surface area contributed by atoms with Crippen LogP contribution in [0.15, 0.2) is 52.8 Å². The van der Waals surface area contributed by atoms with E-state index in [1.165, 1.54) is 0 Å². The van der Waals surface area contributed by atoms with Crippen molar-refractivity contribution in [3.05, 3.63) is 58.9 Å². The van der Waals surface area contributed by atoms with Gasteiger partial charge < -0.3 is 38.8 Å². The van der Waals surface area contributed by atoms with E-state index in [-0.39, 0.29) is 23.9 Å². The number of amides is 2. The Hall–Kier alpha value is -4.51. The highest BCUT2D eigenvalue weighted by atomic mass is 16.5. The van der Waals surface area contributed by atoms with Gasteiger partial charge in [-0.2, -0.15) is 0 Å². The Morgan fingerprint density at radius 3 is 2.09 bits per heavy atom. The number of hydrogen-bond acceptors (Lipinski definition) is 9. The molecule has 3 atom stereocenters. The van der Waals surface area contributed by atoms with Crippen LogP contribution in [0.4, 0.5) is 11.4 Å². The van der Waals surface area contributed by atoms with Crippen LogP contribution in [0.3, 0.4) is 0 Å². The highest BCUT2D eigenvalue weighted by Gasteiger charge is 2.41. The highest BCUT2D eigenvalue weighted by molar-refractivity contribution is 6.04. The maximum atomic E-state index is 13.4. The van der Waals surface area contributed by atoms with Gasteiger partial charge in [-0.25, -0.2) is 0 Å². The van der Waals surface area contributed by atoms with Crippen LogP contribution in [0.2, 0.25) is 0 Å². The van der Waals surface area contributed by atoms with Crippen molar-refractivity contribution in [2.24, 2.45) is 4.99 Å². The highest BCUT2D eigenvalue weighted by Crippen LogP contribution is 2.41. The molecule has 1 N–H and O–H groups in total. The van der Waals surface area contributed by atoms with Gasteiger partial charge in [0.15, 0.2) is 23.0 Å². The third-order valence-corrected chi connectivity index (χ3v) is 8.80. The Labute approximate surface area is 263 Å². The first kappa shape index (κ1) is 30.5. The standard InChI is InChI=1S/C34H40N4O7/c1-20-11-22-17-35-25-15-30(28(42-4)13-23(25)32(39)37(22)18-20)44-9-7-6-8-10-45-31-16-26-24(14-29(31)43-5)33(40)38-19-21(2)12-27(38)34(41)36(26)3/h13-19,22,27,34,41H,6-12H2,1-5H3/t22-,27-,34?/m0/s1. The van der Waals surface area contributed by atoms with Gasteiger partial charge in [0, 0.05) is 37.8 Å². The molecule has 0 spiro atoms. The van der Waals surface area contributed by atoms with E-state index >= 15 is 0 Å². The minimum atomic E-state index is -0.852. The summed E-state index contributed by atoms with van der Waals surface area (Å²) in [5.41, 5.74) is 4.33. The summed E-state index contributed by atoms with van der Waals surface area (Å²) in [5, 5.41) is 11.0. The number of aliphatic imine (C=N–C) groups is 1. The molecule has 4 heterocycles. The van der Waals surface area contributed by atoms with Gasteiger partial charge in [0.1, 0.15) is 6.23 Å². The third-order valence-electron chi connectivity index (χ3n) is 8.80. The second-order valence-electron chi connectivity index (χ2n) is 12.0. The van der Waals surface area contributed by atoms with Crippen LogP contribution in [0.5, 0.6) is 23.0 Å². The Morgan fingerprint density at radius 1 is 0.800 bits per heavy atom. The number of aliphatic hydroxyl groups excluding tert-OH is 1. The smallest absolute Gasteiger partial charge is 0.260 e. The summed E-state index contributed by atoms with van der Waals surface area (Å²) >= 11 is 0. The molecule has 0 fully saturated rings. The molecule has 45 heavy (non-hydrogen) atoms. The van der Waals surface area contributed by atoms with Crippen molar-refractivity contribution in [2.75, 3.05) is 39.4 Å². The Kier molecular flexibility index (Phi) is 8.46. The molecule has 1 unspecified atom stereocenters. The Morgan fingerprint density at radius 2 is 1.40 bits per heavy atom. The second-order valence-corrected chi connectivity index (χ2v) is 12.0. The summed E-state index contributed by atoms with van der Waals surface area (Å²) in [7, 11) is 4.90. The van der Waals surface area contributed by atoms with Gasteiger partial charge in [-0.1, -0.05) is 11.1 Å². The predicted molar refractivity (Wildman–Crippen MR) is 170 cm³/mol. The molecule has 6 rings (SSSR count). The number of carbonyl (C=O) groups excluding carboxylic acids is 2. The zero-order valence-electron chi connectivity index (χ0n) is 26.4. The van der Waals surface area contributed by atoms with Gasteiger partial charge in [-0.15, -0.1) is 0 Å². The number of fused-ring (bicyclic) bond motifs is 4. The van der Waals surface area contributed by atoms with Crippen molar-refractivity contribution < 1.29 is 33.6 Å². The molecule has 0 aromatic heterocycles. The molecule has 0 saturated carbocycles. The van der Waals surface area contributed by atoms with Gasteiger partial charge in [-0.05, 0) is 58.1 Å². The van der Waals surface area contributed by atoms with Crippen LogP contribution in [0, 0.1) is 0 Å². The van der Waals surface area contributed by atoms with Gasteiger partial charge in [0.05, 0.1) is 62.0 Å². The van der Waals surface area contributed by atoms with Crippen LogP contribution in [-0.2, 0) is 0 Å². The lowest BCUT2D eigenvalue weighted by Crippen LogP contribution is -2.46. The Bertz CT molecular complexity index is 1600. The number of hydrogen-bond donors (Lipinski definition) is 1. The first-order valence-electron chi connectivity index (χ1n) is 15.3. The van der Waals surface area contributed by atoms with E-state index in [9.17, 15) is 14.7 Å². The van der Waals surface area contributed by atoms with E-state index in [1.807, 2.05) is 32.5 Å². The fourth-order valence-corrected chi connectivity index (χ4v) is 6.39. The summed E-state index contributed by atoms with van der Waals surface area (Å²) in [5.74, 6) is 1.76. The van der Waals surface area contributed by atoms with Crippen molar-refractivity contribution in [3.63, 3.8) is 0 Å². The molecule has 238 valence electrons. The SMILES string of the molecule is COc1cc2c(cc1OCCCCCOc1cc3c(cc1OC)C(=O)N1C=C(C)C[C@H]1C(O)N3C)N=C[C@@H]1CC(C)=CN1C2=O. The van der Waals surface area contributed by atoms with Crippen molar-refractivity contribution in [1.29, 1.82) is 0 Å². The molecule has 0 aliphatic carbocycles. The van der Waals surface area contributed by atoms with Crippen LogP contribution < -0.4 is 23.8 Å². The largest absolute Gasteiger partial charge is 0.493 e. The van der Waals surface area contributed by atoms with Gasteiger partial charge in [0.25, 0.3) is 11.8 Å². The van der Waals surface area contributed by atoms with E-state index < -0.39 is 6.23 Å². The fraction of sp³-hybridized carbons (Fsp3) is 0.441. The average molecular weight is 617 g/mol. The minimum Gasteiger partial charge on any atom is -0.493 e. The van der Waals surface area contributed by atoms with E-state index in [0.29, 0.717) is 65.1 Å². The molecule has 0 saturated heterocycles. The average Bonchev–Trinajstić information content (AvgIpc) is 3.58. The summed E-state index contributed by atoms with van der Waals surface area (Å²) in [6, 6.07) is 6.55. The van der Waals surface area contributed by atoms with Crippen LogP contribution in [-0.4, -0.2) is 85.7 Å². The number of nitrogens with zero attached hydrogens (tertiary/aromatic N) is 4. The number of likely N-dealkylation sites (N-methyl/N-ethyl adjacent to an activating group) is 1. The summed E-state index contributed by atoms with van der Waals surface area (Å²) in [6.07, 6.45) is 8.48. The van der Waals surface area contributed by atoms with Gasteiger partial charge in [0.2, 0.25) is 0 Å². The molecule has 4 aliphatic heterocycles. The van der Waals surface area contributed by atoms with Crippen molar-refractivity contribution in [2.45, 2.75) is 64.3 Å². The zero-order valence-corrected chi connectivity index (χ0v) is 26.4. The van der Waals surface area contributed by atoms with Gasteiger partial charge >= 0.3 is 0 Å². The molecule has 0 radical (unpaired) electrons. The monoisotopic (exact) mass is 616 g/mol. The van der Waals surface area contributed by atoms with Crippen molar-refractivity contribution in [1.82, 2.24) is 9.80 Å². The fourth-order valence-electron chi connectivity index (χ4n) is 6.39. The number of ether oxygens (including phenoxy) is 4. The number of aliphatic hydroxyl groups is 1. The maximum Gasteiger partial charge on any atom is 0.260 e.